The van der Waals surface area contributed by atoms with E-state index in [0.29, 0.717) is 11.4 Å². The molecule has 6 rings (SSSR count). The minimum absolute atomic E-state index is 0.00776. The standard InChI is InChI=1S/C36H26N6O4/c1-23-24(2)38-30-29(37-23)31(41(33(43)25-15-7-3-8-16-25)34(44)26-17-9-4-10-18-26)39-40-32(30)42(35(45)27-19-11-5-12-20-27)36(46)28-21-13-6-14-22-28/h3-22H,1-2H3. The van der Waals surface area contributed by atoms with E-state index in [1.807, 2.05) is 0 Å². The summed E-state index contributed by atoms with van der Waals surface area (Å²) in [5.41, 5.74) is 1.89. The molecule has 4 aromatic carbocycles. The Hall–Kier alpha value is -6.42. The minimum atomic E-state index is -0.671. The molecule has 2 aromatic heterocycles. The summed E-state index contributed by atoms with van der Waals surface area (Å²) in [4.78, 5) is 67.3. The Morgan fingerprint density at radius 2 is 0.652 bits per heavy atom. The third kappa shape index (κ3) is 5.62. The molecular weight excluding hydrogens is 580 g/mol. The third-order valence-electron chi connectivity index (χ3n) is 7.29. The van der Waals surface area contributed by atoms with Crippen molar-refractivity contribution in [2.24, 2.45) is 0 Å². The number of aryl methyl sites for hydroxylation is 2. The van der Waals surface area contributed by atoms with Crippen LogP contribution in [0.1, 0.15) is 52.8 Å². The lowest BCUT2D eigenvalue weighted by atomic mass is 10.1. The van der Waals surface area contributed by atoms with E-state index < -0.39 is 23.6 Å². The number of fused-ring (bicyclic) bond motifs is 1. The molecule has 0 spiro atoms. The van der Waals surface area contributed by atoms with Crippen LogP contribution >= 0.6 is 0 Å². The fraction of sp³-hybridized carbons (Fsp3) is 0.0556. The highest BCUT2D eigenvalue weighted by Gasteiger charge is 2.35. The van der Waals surface area contributed by atoms with Gasteiger partial charge in [0.1, 0.15) is 11.0 Å². The Kier molecular flexibility index (Phi) is 8.16. The number of rotatable bonds is 6. The molecule has 0 aliphatic carbocycles. The molecule has 0 unspecified atom stereocenters. The molecule has 224 valence electrons. The second-order valence-corrected chi connectivity index (χ2v) is 10.3. The Morgan fingerprint density at radius 3 is 0.891 bits per heavy atom. The number of hydrogen-bond acceptors (Lipinski definition) is 8. The summed E-state index contributed by atoms with van der Waals surface area (Å²) in [6.45, 7) is 3.44. The van der Waals surface area contributed by atoms with Crippen molar-refractivity contribution in [1.29, 1.82) is 0 Å². The molecule has 0 atom stereocenters. The average molecular weight is 607 g/mol. The summed E-state index contributed by atoms with van der Waals surface area (Å²) in [5, 5.41) is 8.66. The molecule has 0 fully saturated rings. The third-order valence-corrected chi connectivity index (χ3v) is 7.29. The number of benzene rings is 4. The van der Waals surface area contributed by atoms with E-state index in [0.717, 1.165) is 9.80 Å². The number of aromatic nitrogens is 4. The topological polar surface area (TPSA) is 126 Å². The molecule has 0 bridgehead atoms. The van der Waals surface area contributed by atoms with Crippen LogP contribution in [-0.2, 0) is 0 Å². The zero-order chi connectivity index (χ0) is 32.2. The van der Waals surface area contributed by atoms with Crippen molar-refractivity contribution in [2.75, 3.05) is 9.80 Å². The van der Waals surface area contributed by atoms with Crippen molar-refractivity contribution in [1.82, 2.24) is 20.2 Å². The number of anilines is 2. The summed E-state index contributed by atoms with van der Waals surface area (Å²) in [5.74, 6) is -3.08. The van der Waals surface area contributed by atoms with Crippen LogP contribution in [0.4, 0.5) is 11.6 Å². The van der Waals surface area contributed by atoms with Gasteiger partial charge in [0.2, 0.25) is 0 Å². The fourth-order valence-corrected chi connectivity index (χ4v) is 4.81. The van der Waals surface area contributed by atoms with Gasteiger partial charge in [0.15, 0.2) is 11.6 Å². The van der Waals surface area contributed by atoms with E-state index >= 15 is 0 Å². The zero-order valence-electron chi connectivity index (χ0n) is 24.9. The number of carbonyl (C=O) groups is 4. The first-order valence-corrected chi connectivity index (χ1v) is 14.3. The van der Waals surface area contributed by atoms with Crippen LogP contribution in [0, 0.1) is 13.8 Å². The number of amides is 4. The molecule has 2 heterocycles. The number of carbonyl (C=O) groups excluding carboxylic acids is 4. The molecule has 10 nitrogen and oxygen atoms in total. The van der Waals surface area contributed by atoms with Gasteiger partial charge in [0.25, 0.3) is 23.6 Å². The maximum absolute atomic E-state index is 14.0. The van der Waals surface area contributed by atoms with Crippen LogP contribution in [0.25, 0.3) is 11.0 Å². The predicted molar refractivity (Wildman–Crippen MR) is 173 cm³/mol. The van der Waals surface area contributed by atoms with Crippen LogP contribution in [0.2, 0.25) is 0 Å². The minimum Gasteiger partial charge on any atom is -0.268 e. The predicted octanol–water partition coefficient (Wildman–Crippen LogP) is 6.01. The molecule has 10 heteroatoms. The van der Waals surface area contributed by atoms with Crippen molar-refractivity contribution in [3.8, 4) is 0 Å². The first kappa shape index (κ1) is 29.6. The first-order valence-electron chi connectivity index (χ1n) is 14.3. The van der Waals surface area contributed by atoms with E-state index in [1.165, 1.54) is 0 Å². The van der Waals surface area contributed by atoms with Crippen molar-refractivity contribution in [2.45, 2.75) is 13.8 Å². The van der Waals surface area contributed by atoms with E-state index in [-0.39, 0.29) is 44.9 Å². The Bertz CT molecular complexity index is 1840. The smallest absolute Gasteiger partial charge is 0.266 e. The Labute approximate surface area is 264 Å². The highest BCUT2D eigenvalue weighted by Crippen LogP contribution is 2.32. The Morgan fingerprint density at radius 1 is 0.413 bits per heavy atom. The van der Waals surface area contributed by atoms with Crippen LogP contribution < -0.4 is 9.80 Å². The normalized spacial score (nSPS) is 10.7. The number of nitrogens with zero attached hydrogens (tertiary/aromatic N) is 6. The van der Waals surface area contributed by atoms with Gasteiger partial charge >= 0.3 is 0 Å². The second-order valence-electron chi connectivity index (χ2n) is 10.3. The van der Waals surface area contributed by atoms with Crippen molar-refractivity contribution < 1.29 is 19.2 Å². The summed E-state index contributed by atoms with van der Waals surface area (Å²) in [7, 11) is 0. The Balaban J connectivity index is 1.61. The lowest BCUT2D eigenvalue weighted by Gasteiger charge is -2.24. The van der Waals surface area contributed by atoms with Crippen LogP contribution in [0.3, 0.4) is 0 Å². The van der Waals surface area contributed by atoms with Gasteiger partial charge in [-0.25, -0.2) is 19.8 Å². The van der Waals surface area contributed by atoms with Crippen LogP contribution in [0.5, 0.6) is 0 Å². The molecule has 0 aliphatic rings. The van der Waals surface area contributed by atoms with Gasteiger partial charge < -0.3 is 0 Å². The summed E-state index contributed by atoms with van der Waals surface area (Å²) >= 11 is 0. The number of hydrogen-bond donors (Lipinski definition) is 0. The first-order chi connectivity index (χ1) is 22.3. The van der Waals surface area contributed by atoms with Gasteiger partial charge in [-0.15, -0.1) is 10.2 Å². The monoisotopic (exact) mass is 606 g/mol. The highest BCUT2D eigenvalue weighted by molar-refractivity contribution is 6.29. The van der Waals surface area contributed by atoms with E-state index in [1.54, 1.807) is 135 Å². The lowest BCUT2D eigenvalue weighted by Crippen LogP contribution is -2.40. The van der Waals surface area contributed by atoms with Gasteiger partial charge in [0.05, 0.1) is 11.4 Å². The van der Waals surface area contributed by atoms with Crippen molar-refractivity contribution in [3.63, 3.8) is 0 Å². The quantitative estimate of drug-likeness (QED) is 0.211. The van der Waals surface area contributed by atoms with E-state index in [2.05, 4.69) is 10.2 Å². The summed E-state index contributed by atoms with van der Waals surface area (Å²) in [6, 6.07) is 33.1. The van der Waals surface area contributed by atoms with Crippen LogP contribution in [0.15, 0.2) is 121 Å². The molecule has 0 aliphatic heterocycles. The molecule has 6 aromatic rings. The average Bonchev–Trinajstić information content (AvgIpc) is 3.11. The second kappa shape index (κ2) is 12.7. The fourth-order valence-electron chi connectivity index (χ4n) is 4.81. The van der Waals surface area contributed by atoms with Crippen LogP contribution in [-0.4, -0.2) is 43.8 Å². The van der Waals surface area contributed by atoms with Gasteiger partial charge in [-0.3, -0.25) is 19.2 Å². The molecule has 0 saturated carbocycles. The molecular formula is C36H26N6O4. The van der Waals surface area contributed by atoms with Gasteiger partial charge in [0, 0.05) is 22.3 Å². The maximum Gasteiger partial charge on any atom is 0.266 e. The summed E-state index contributed by atoms with van der Waals surface area (Å²) < 4.78 is 0. The van der Waals surface area contributed by atoms with Crippen molar-refractivity contribution in [3.05, 3.63) is 155 Å². The SMILES string of the molecule is Cc1nc2c(N(C(=O)c3ccccc3)C(=O)c3ccccc3)nnc(N(C(=O)c3ccccc3)C(=O)c3ccccc3)c2nc1C. The largest absolute Gasteiger partial charge is 0.268 e. The zero-order valence-corrected chi connectivity index (χ0v) is 24.9. The van der Waals surface area contributed by atoms with E-state index in [9.17, 15) is 19.2 Å². The van der Waals surface area contributed by atoms with Gasteiger partial charge in [-0.05, 0) is 62.4 Å². The molecule has 4 amide bonds. The summed E-state index contributed by atoms with van der Waals surface area (Å²) in [6.07, 6.45) is 0. The van der Waals surface area contributed by atoms with Crippen molar-refractivity contribution >= 4 is 46.3 Å². The molecule has 0 saturated heterocycles. The van der Waals surface area contributed by atoms with E-state index in [4.69, 9.17) is 9.97 Å². The molecule has 0 N–H and O–H groups in total. The molecule has 0 radical (unpaired) electrons. The molecule has 46 heavy (non-hydrogen) atoms. The lowest BCUT2D eigenvalue weighted by molar-refractivity contribution is 0.0879. The highest BCUT2D eigenvalue weighted by atomic mass is 16.2. The van der Waals surface area contributed by atoms with Gasteiger partial charge in [-0.2, -0.15) is 0 Å². The maximum atomic E-state index is 14.0. The number of imide groups is 2. The van der Waals surface area contributed by atoms with Gasteiger partial charge in [-0.1, -0.05) is 72.8 Å².